The summed E-state index contributed by atoms with van der Waals surface area (Å²) < 4.78 is 0. The fraction of sp³-hybridized carbons (Fsp3) is 1.00. The zero-order valence-electron chi connectivity index (χ0n) is 13.4. The van der Waals surface area contributed by atoms with Crippen molar-refractivity contribution in [1.82, 2.24) is 0 Å². The zero-order valence-corrected chi connectivity index (χ0v) is 13.4. The van der Waals surface area contributed by atoms with E-state index in [2.05, 4.69) is 41.5 Å². The molecule has 0 amide bonds. The summed E-state index contributed by atoms with van der Waals surface area (Å²) in [7, 11) is 0. The van der Waals surface area contributed by atoms with Crippen LogP contribution >= 0.6 is 0 Å². The van der Waals surface area contributed by atoms with Crippen LogP contribution in [0.1, 0.15) is 67.2 Å². The summed E-state index contributed by atoms with van der Waals surface area (Å²) in [4.78, 5) is 0. The van der Waals surface area contributed by atoms with Gasteiger partial charge in [0.15, 0.2) is 0 Å². The number of rotatable bonds is 5. The molecule has 2 aliphatic carbocycles. The van der Waals surface area contributed by atoms with Crippen LogP contribution in [0.2, 0.25) is 0 Å². The highest BCUT2D eigenvalue weighted by atomic mass is 14.5. The van der Waals surface area contributed by atoms with Crippen LogP contribution in [0.3, 0.4) is 0 Å². The molecular weight excluding hydrogens is 216 g/mol. The molecule has 2 rings (SSSR count). The van der Waals surface area contributed by atoms with E-state index in [-0.39, 0.29) is 0 Å². The largest absolute Gasteiger partial charge is 0.0651 e. The third-order valence-electron chi connectivity index (χ3n) is 6.91. The van der Waals surface area contributed by atoms with Crippen molar-refractivity contribution in [2.45, 2.75) is 67.2 Å². The first-order valence-electron chi connectivity index (χ1n) is 8.51. The van der Waals surface area contributed by atoms with Gasteiger partial charge in [0, 0.05) is 0 Å². The minimum atomic E-state index is 0.949. The molecule has 8 atom stereocenters. The lowest BCUT2D eigenvalue weighted by Gasteiger charge is -2.53. The van der Waals surface area contributed by atoms with E-state index < -0.39 is 0 Å². The Hall–Kier alpha value is 0. The van der Waals surface area contributed by atoms with E-state index in [1.807, 2.05) is 0 Å². The third kappa shape index (κ3) is 2.25. The van der Waals surface area contributed by atoms with E-state index in [0.29, 0.717) is 0 Å². The molecule has 0 bridgehead atoms. The summed E-state index contributed by atoms with van der Waals surface area (Å²) in [6.07, 6.45) is 5.81. The minimum absolute atomic E-state index is 0.949. The van der Waals surface area contributed by atoms with Gasteiger partial charge in [-0.25, -0.2) is 0 Å². The van der Waals surface area contributed by atoms with Crippen molar-refractivity contribution in [3.05, 3.63) is 0 Å². The van der Waals surface area contributed by atoms with E-state index >= 15 is 0 Å². The summed E-state index contributed by atoms with van der Waals surface area (Å²) >= 11 is 0. The van der Waals surface area contributed by atoms with Crippen molar-refractivity contribution < 1.29 is 0 Å². The Balaban J connectivity index is 1.94. The Morgan fingerprint density at radius 3 is 2.00 bits per heavy atom. The predicted molar refractivity (Wildman–Crippen MR) is 80.4 cm³/mol. The van der Waals surface area contributed by atoms with Crippen LogP contribution in [0.25, 0.3) is 0 Å². The monoisotopic (exact) mass is 250 g/mol. The maximum atomic E-state index is 2.56. The van der Waals surface area contributed by atoms with Gasteiger partial charge in [-0.3, -0.25) is 0 Å². The van der Waals surface area contributed by atoms with Gasteiger partial charge >= 0.3 is 0 Å². The third-order valence-corrected chi connectivity index (χ3v) is 6.91. The summed E-state index contributed by atoms with van der Waals surface area (Å²) in [6.45, 7) is 14.8. The van der Waals surface area contributed by atoms with Crippen molar-refractivity contribution in [3.8, 4) is 0 Å². The lowest BCUT2D eigenvalue weighted by Crippen LogP contribution is -2.46. The van der Waals surface area contributed by atoms with Gasteiger partial charge in [0.05, 0.1) is 0 Å². The zero-order chi connectivity index (χ0) is 13.4. The summed E-state index contributed by atoms with van der Waals surface area (Å²) in [6, 6.07) is 0. The summed E-state index contributed by atoms with van der Waals surface area (Å²) in [5, 5.41) is 0. The topological polar surface area (TPSA) is 0 Å². The fourth-order valence-corrected chi connectivity index (χ4v) is 5.50. The quantitative estimate of drug-likeness (QED) is 0.594. The van der Waals surface area contributed by atoms with Gasteiger partial charge in [-0.15, -0.1) is 0 Å². The first-order valence-corrected chi connectivity index (χ1v) is 8.51. The molecule has 0 heterocycles. The molecule has 0 N–H and O–H groups in total. The molecule has 2 aliphatic rings. The van der Waals surface area contributed by atoms with Crippen LogP contribution in [0.5, 0.6) is 0 Å². The second-order valence-corrected chi connectivity index (χ2v) is 7.63. The van der Waals surface area contributed by atoms with Crippen LogP contribution in [0.4, 0.5) is 0 Å². The molecule has 0 aromatic carbocycles. The lowest BCUT2D eigenvalue weighted by molar-refractivity contribution is -0.0459. The van der Waals surface area contributed by atoms with E-state index in [9.17, 15) is 0 Å². The van der Waals surface area contributed by atoms with Gasteiger partial charge in [-0.1, -0.05) is 54.4 Å². The fourth-order valence-electron chi connectivity index (χ4n) is 5.50. The molecule has 2 fully saturated rings. The van der Waals surface area contributed by atoms with Gasteiger partial charge in [0.2, 0.25) is 0 Å². The molecule has 8 unspecified atom stereocenters. The summed E-state index contributed by atoms with van der Waals surface area (Å²) in [5.41, 5.74) is 0. The molecule has 0 heteroatoms. The van der Waals surface area contributed by atoms with E-state index in [1.54, 1.807) is 0 Å². The molecule has 0 radical (unpaired) electrons. The Morgan fingerprint density at radius 1 is 0.889 bits per heavy atom. The molecule has 18 heavy (non-hydrogen) atoms. The Morgan fingerprint density at radius 2 is 1.56 bits per heavy atom. The molecular formula is C18H34. The Labute approximate surface area is 115 Å². The molecule has 0 saturated heterocycles. The van der Waals surface area contributed by atoms with Gasteiger partial charge in [-0.2, -0.15) is 0 Å². The standard InChI is InChI=1S/C18H34/c1-7-15-9-12(4)18(15)14(6)13(5)17-10-11(3)16(17)8-2/h11-18H,7-10H2,1-6H3. The van der Waals surface area contributed by atoms with Crippen molar-refractivity contribution >= 4 is 0 Å². The second kappa shape index (κ2) is 5.55. The van der Waals surface area contributed by atoms with E-state index in [0.717, 1.165) is 47.3 Å². The van der Waals surface area contributed by atoms with Crippen LogP contribution < -0.4 is 0 Å². The molecule has 0 spiro atoms. The normalized spacial score (nSPS) is 47.0. The van der Waals surface area contributed by atoms with Crippen LogP contribution in [0.15, 0.2) is 0 Å². The van der Waals surface area contributed by atoms with Gasteiger partial charge in [0.1, 0.15) is 0 Å². The molecule has 0 aromatic rings. The highest BCUT2D eigenvalue weighted by Crippen LogP contribution is 2.54. The van der Waals surface area contributed by atoms with E-state index in [1.165, 1.54) is 25.7 Å². The van der Waals surface area contributed by atoms with Crippen molar-refractivity contribution in [2.24, 2.45) is 47.3 Å². The molecule has 106 valence electrons. The molecule has 0 nitrogen and oxygen atoms in total. The first kappa shape index (κ1) is 14.4. The summed E-state index contributed by atoms with van der Waals surface area (Å²) in [5.74, 6) is 8.01. The van der Waals surface area contributed by atoms with Gasteiger partial charge in [0.25, 0.3) is 0 Å². The number of hydrogen-bond donors (Lipinski definition) is 0. The van der Waals surface area contributed by atoms with Crippen molar-refractivity contribution in [1.29, 1.82) is 0 Å². The van der Waals surface area contributed by atoms with Crippen LogP contribution in [-0.2, 0) is 0 Å². The highest BCUT2D eigenvalue weighted by Gasteiger charge is 2.47. The SMILES string of the molecule is CCC1CC(C)C1C(C)C(C)C1CC(C)C1CC. The van der Waals surface area contributed by atoms with Gasteiger partial charge < -0.3 is 0 Å². The molecule has 0 aromatic heterocycles. The maximum absolute atomic E-state index is 2.56. The number of hydrogen-bond acceptors (Lipinski definition) is 0. The van der Waals surface area contributed by atoms with Crippen molar-refractivity contribution in [2.75, 3.05) is 0 Å². The first-order chi connectivity index (χ1) is 8.51. The van der Waals surface area contributed by atoms with Crippen LogP contribution in [-0.4, -0.2) is 0 Å². The minimum Gasteiger partial charge on any atom is -0.0651 e. The smallest absolute Gasteiger partial charge is 0.0332 e. The van der Waals surface area contributed by atoms with Gasteiger partial charge in [-0.05, 0) is 60.2 Å². The Bertz CT molecular complexity index is 269. The maximum Gasteiger partial charge on any atom is -0.0332 e. The molecule has 0 aliphatic heterocycles. The average molecular weight is 250 g/mol. The highest BCUT2D eigenvalue weighted by molar-refractivity contribution is 4.96. The van der Waals surface area contributed by atoms with E-state index in [4.69, 9.17) is 0 Å². The van der Waals surface area contributed by atoms with Crippen LogP contribution in [0, 0.1) is 47.3 Å². The second-order valence-electron chi connectivity index (χ2n) is 7.63. The predicted octanol–water partition coefficient (Wildman–Crippen LogP) is 5.62. The average Bonchev–Trinajstić information content (AvgIpc) is 2.31. The van der Waals surface area contributed by atoms with Crippen molar-refractivity contribution in [3.63, 3.8) is 0 Å². The lowest BCUT2D eigenvalue weighted by atomic mass is 9.52. The Kier molecular flexibility index (Phi) is 4.44. The molecule has 2 saturated carbocycles.